The molecule has 0 aromatic heterocycles. The maximum Gasteiger partial charge on any atom is 0.269 e. The molecular formula is C15H13N2O5S2-. The molecule has 1 aromatic carbocycles. The summed E-state index contributed by atoms with van der Waals surface area (Å²) in [6, 6.07) is 4.52. The zero-order valence-corrected chi connectivity index (χ0v) is 14.4. The molecule has 1 aliphatic rings. The molecule has 1 amide bonds. The summed E-state index contributed by atoms with van der Waals surface area (Å²) in [6.07, 6.45) is 1.52. The molecule has 126 valence electrons. The Kier molecular flexibility index (Phi) is 5.35. The van der Waals surface area contributed by atoms with Crippen molar-refractivity contribution >= 4 is 51.9 Å². The summed E-state index contributed by atoms with van der Waals surface area (Å²) in [7, 11) is 0. The predicted octanol–water partition coefficient (Wildman–Crippen LogP) is 1.57. The minimum absolute atomic E-state index is 0.0588. The summed E-state index contributed by atoms with van der Waals surface area (Å²) in [5, 5.41) is 22.0. The first kappa shape index (κ1) is 18.1. The molecule has 0 bridgehead atoms. The average Bonchev–Trinajstić information content (AvgIpc) is 2.75. The van der Waals surface area contributed by atoms with Crippen LogP contribution in [0.2, 0.25) is 0 Å². The van der Waals surface area contributed by atoms with Crippen molar-refractivity contribution in [3.05, 3.63) is 44.8 Å². The number of carboxylic acids is 1. The zero-order valence-electron chi connectivity index (χ0n) is 12.8. The molecule has 2 rings (SSSR count). The lowest BCUT2D eigenvalue weighted by Crippen LogP contribution is -2.52. The first-order valence-corrected chi connectivity index (χ1v) is 8.17. The van der Waals surface area contributed by atoms with Crippen LogP contribution in [0, 0.1) is 16.0 Å². The predicted molar refractivity (Wildman–Crippen MR) is 91.7 cm³/mol. The van der Waals surface area contributed by atoms with E-state index in [0.29, 0.717) is 5.56 Å². The van der Waals surface area contributed by atoms with Gasteiger partial charge in [0.25, 0.3) is 11.6 Å². The Hall–Kier alpha value is -2.26. The van der Waals surface area contributed by atoms with Crippen molar-refractivity contribution in [1.82, 2.24) is 4.90 Å². The maximum atomic E-state index is 12.5. The molecule has 0 aliphatic carbocycles. The quantitative estimate of drug-likeness (QED) is 0.338. The molecule has 1 heterocycles. The van der Waals surface area contributed by atoms with Gasteiger partial charge in [-0.1, -0.05) is 37.8 Å². The fourth-order valence-electron chi connectivity index (χ4n) is 2.24. The molecule has 0 N–H and O–H groups in total. The van der Waals surface area contributed by atoms with Gasteiger partial charge in [0.1, 0.15) is 4.32 Å². The zero-order chi connectivity index (χ0) is 18.0. The summed E-state index contributed by atoms with van der Waals surface area (Å²) in [4.78, 5) is 35.3. The fraction of sp³-hybridized carbons (Fsp3) is 0.267. The standard InChI is InChI=1S/C15H14N2O5S2/c1-8(2)12(14(19)20)16-13(18)11(24-15(16)23)7-9-3-5-10(6-4-9)17(21)22/h3-8,12H,1-2H3,(H,19,20)/p-1/b11-7+/t12-/m0/s1. The van der Waals surface area contributed by atoms with Crippen molar-refractivity contribution in [2.45, 2.75) is 19.9 Å². The number of benzene rings is 1. The number of nitro groups is 1. The van der Waals surface area contributed by atoms with E-state index < -0.39 is 22.8 Å². The second kappa shape index (κ2) is 7.10. The van der Waals surface area contributed by atoms with Crippen molar-refractivity contribution in [3.8, 4) is 0 Å². The van der Waals surface area contributed by atoms with Gasteiger partial charge in [-0.05, 0) is 29.7 Å². The molecule has 0 spiro atoms. The van der Waals surface area contributed by atoms with Gasteiger partial charge in [0, 0.05) is 12.1 Å². The summed E-state index contributed by atoms with van der Waals surface area (Å²) >= 11 is 6.12. The van der Waals surface area contributed by atoms with Gasteiger partial charge in [-0.3, -0.25) is 19.8 Å². The van der Waals surface area contributed by atoms with Crippen LogP contribution in [-0.4, -0.2) is 32.1 Å². The number of hydrogen-bond acceptors (Lipinski definition) is 7. The summed E-state index contributed by atoms with van der Waals surface area (Å²) in [6.45, 7) is 3.33. The highest BCUT2D eigenvalue weighted by Crippen LogP contribution is 2.35. The smallest absolute Gasteiger partial charge is 0.269 e. The third kappa shape index (κ3) is 3.62. The molecule has 1 aromatic rings. The average molecular weight is 365 g/mol. The lowest BCUT2D eigenvalue weighted by molar-refractivity contribution is -0.384. The number of thiocarbonyl (C=S) groups is 1. The SMILES string of the molecule is CC(C)[C@@H](C(=O)[O-])N1C(=O)/C(=C\c2ccc([N+](=O)[O-])cc2)SC1=S. The topological polar surface area (TPSA) is 104 Å². The van der Waals surface area contributed by atoms with Crippen LogP contribution in [0.3, 0.4) is 0 Å². The van der Waals surface area contributed by atoms with Crippen LogP contribution in [0.15, 0.2) is 29.2 Å². The Balaban J connectivity index is 2.30. The van der Waals surface area contributed by atoms with Gasteiger partial charge in [-0.25, -0.2) is 0 Å². The Labute approximate surface area is 147 Å². The lowest BCUT2D eigenvalue weighted by Gasteiger charge is -2.30. The molecule has 0 unspecified atom stereocenters. The van der Waals surface area contributed by atoms with Gasteiger partial charge in [0.05, 0.1) is 21.8 Å². The van der Waals surface area contributed by atoms with E-state index >= 15 is 0 Å². The van der Waals surface area contributed by atoms with Crippen molar-refractivity contribution in [1.29, 1.82) is 0 Å². The number of carboxylic acid groups (broad SMARTS) is 1. The third-order valence-electron chi connectivity index (χ3n) is 3.38. The van der Waals surface area contributed by atoms with Gasteiger partial charge in [-0.15, -0.1) is 0 Å². The summed E-state index contributed by atoms with van der Waals surface area (Å²) in [5.74, 6) is -2.24. The van der Waals surface area contributed by atoms with Crippen LogP contribution in [0.4, 0.5) is 5.69 Å². The molecule has 0 saturated carbocycles. The van der Waals surface area contributed by atoms with E-state index in [1.54, 1.807) is 13.8 Å². The number of non-ortho nitro benzene ring substituents is 1. The Morgan fingerprint density at radius 3 is 2.38 bits per heavy atom. The van der Waals surface area contributed by atoms with E-state index in [4.69, 9.17) is 12.2 Å². The van der Waals surface area contributed by atoms with Gasteiger partial charge < -0.3 is 9.90 Å². The fourth-order valence-corrected chi connectivity index (χ4v) is 3.57. The molecule has 1 atom stereocenters. The van der Waals surface area contributed by atoms with E-state index in [9.17, 15) is 24.8 Å². The molecule has 1 saturated heterocycles. The molecule has 1 aliphatic heterocycles. The van der Waals surface area contributed by atoms with Crippen LogP contribution in [0.25, 0.3) is 6.08 Å². The van der Waals surface area contributed by atoms with E-state index in [1.807, 2.05) is 0 Å². The monoisotopic (exact) mass is 365 g/mol. The van der Waals surface area contributed by atoms with Crippen molar-refractivity contribution in [3.63, 3.8) is 0 Å². The first-order chi connectivity index (χ1) is 11.2. The van der Waals surface area contributed by atoms with Crippen molar-refractivity contribution in [2.75, 3.05) is 0 Å². The van der Waals surface area contributed by atoms with E-state index in [0.717, 1.165) is 16.7 Å². The Bertz CT molecular complexity index is 743. The lowest BCUT2D eigenvalue weighted by atomic mass is 10.0. The number of aliphatic carboxylic acids is 1. The number of nitrogens with zero attached hydrogens (tertiary/aromatic N) is 2. The van der Waals surface area contributed by atoms with Gasteiger partial charge in [0.2, 0.25) is 0 Å². The van der Waals surface area contributed by atoms with Crippen LogP contribution < -0.4 is 5.11 Å². The minimum Gasteiger partial charge on any atom is -0.548 e. The van der Waals surface area contributed by atoms with E-state index in [-0.39, 0.29) is 20.8 Å². The molecule has 0 radical (unpaired) electrons. The highest BCUT2D eigenvalue weighted by atomic mass is 32.2. The van der Waals surface area contributed by atoms with Crippen molar-refractivity contribution in [2.24, 2.45) is 5.92 Å². The van der Waals surface area contributed by atoms with Gasteiger partial charge in [-0.2, -0.15) is 0 Å². The largest absolute Gasteiger partial charge is 0.548 e. The second-order valence-corrected chi connectivity index (χ2v) is 7.08. The normalized spacial score (nSPS) is 17.6. The number of carbonyl (C=O) groups is 2. The maximum absolute atomic E-state index is 12.5. The Morgan fingerprint density at radius 1 is 1.33 bits per heavy atom. The van der Waals surface area contributed by atoms with Crippen LogP contribution in [0.5, 0.6) is 0 Å². The van der Waals surface area contributed by atoms with E-state index in [2.05, 4.69) is 0 Å². The number of nitro benzene ring substituents is 1. The second-order valence-electron chi connectivity index (χ2n) is 5.41. The number of carbonyl (C=O) groups excluding carboxylic acids is 2. The number of amides is 1. The molecule has 7 nitrogen and oxygen atoms in total. The number of thioether (sulfide) groups is 1. The molecule has 24 heavy (non-hydrogen) atoms. The molecular weight excluding hydrogens is 352 g/mol. The molecule has 1 fully saturated rings. The number of hydrogen-bond donors (Lipinski definition) is 0. The van der Waals surface area contributed by atoms with Crippen molar-refractivity contribution < 1.29 is 19.6 Å². The highest BCUT2D eigenvalue weighted by molar-refractivity contribution is 8.26. The van der Waals surface area contributed by atoms with Crippen LogP contribution >= 0.6 is 24.0 Å². The minimum atomic E-state index is -1.36. The van der Waals surface area contributed by atoms with Crippen LogP contribution in [0.1, 0.15) is 19.4 Å². The van der Waals surface area contributed by atoms with Crippen LogP contribution in [-0.2, 0) is 9.59 Å². The van der Waals surface area contributed by atoms with Gasteiger partial charge >= 0.3 is 0 Å². The summed E-state index contributed by atoms with van der Waals surface area (Å²) in [5.41, 5.74) is 0.521. The molecule has 9 heteroatoms. The van der Waals surface area contributed by atoms with Gasteiger partial charge in [0.15, 0.2) is 0 Å². The summed E-state index contributed by atoms with van der Waals surface area (Å²) < 4.78 is 0.149. The first-order valence-electron chi connectivity index (χ1n) is 6.94. The highest BCUT2D eigenvalue weighted by Gasteiger charge is 2.39. The third-order valence-corrected chi connectivity index (χ3v) is 4.71. The number of rotatable bonds is 5. The Morgan fingerprint density at radius 2 is 1.92 bits per heavy atom. The van der Waals surface area contributed by atoms with E-state index in [1.165, 1.54) is 30.3 Å².